The van der Waals surface area contributed by atoms with E-state index in [0.717, 1.165) is 0 Å². The van der Waals surface area contributed by atoms with E-state index in [2.05, 4.69) is 5.32 Å². The molecule has 1 aromatic carbocycles. The maximum absolute atomic E-state index is 10.3. The monoisotopic (exact) mass is 299 g/mol. The summed E-state index contributed by atoms with van der Waals surface area (Å²) in [5.41, 5.74) is 0.685. The molecule has 1 aromatic rings. The highest BCUT2D eigenvalue weighted by atomic mass is 16.5. The molecule has 0 aromatic heterocycles. The van der Waals surface area contributed by atoms with Crippen LogP contribution in [-0.4, -0.2) is 59.3 Å². The van der Waals surface area contributed by atoms with Crippen LogP contribution in [0, 0.1) is 0 Å². The summed E-state index contributed by atoms with van der Waals surface area (Å²) in [4.78, 5) is 0. The van der Waals surface area contributed by atoms with Gasteiger partial charge in [-0.05, 0) is 18.2 Å². The number of ether oxygens (including phenoxy) is 4. The van der Waals surface area contributed by atoms with Crippen LogP contribution >= 0.6 is 0 Å². The molecule has 6 heteroatoms. The largest absolute Gasteiger partial charge is 0.497 e. The van der Waals surface area contributed by atoms with Gasteiger partial charge in [0.15, 0.2) is 0 Å². The Balaban J connectivity index is 2.60. The minimum atomic E-state index is -0.699. The quantitative estimate of drug-likeness (QED) is 0.671. The first-order valence-corrected chi connectivity index (χ1v) is 6.78. The number of hydrogen-bond acceptors (Lipinski definition) is 6. The molecule has 2 N–H and O–H groups in total. The second-order valence-electron chi connectivity index (χ2n) is 4.59. The van der Waals surface area contributed by atoms with Gasteiger partial charge in [-0.15, -0.1) is 0 Å². The van der Waals surface area contributed by atoms with Crippen LogP contribution in [-0.2, 0) is 9.47 Å². The average Bonchev–Trinajstić information content (AvgIpc) is 2.53. The molecule has 0 amide bonds. The maximum Gasteiger partial charge on any atom is 0.124 e. The Morgan fingerprint density at radius 2 is 1.86 bits per heavy atom. The zero-order chi connectivity index (χ0) is 15.7. The van der Waals surface area contributed by atoms with Crippen molar-refractivity contribution in [1.29, 1.82) is 0 Å². The van der Waals surface area contributed by atoms with E-state index in [4.69, 9.17) is 18.9 Å². The highest BCUT2D eigenvalue weighted by Crippen LogP contribution is 2.28. The molecule has 6 nitrogen and oxygen atoms in total. The van der Waals surface area contributed by atoms with E-state index in [1.807, 2.05) is 0 Å². The fourth-order valence-electron chi connectivity index (χ4n) is 1.99. The lowest BCUT2D eigenvalue weighted by atomic mass is 10.1. The van der Waals surface area contributed by atoms with Crippen molar-refractivity contribution in [2.75, 3.05) is 48.1 Å². The summed E-state index contributed by atoms with van der Waals surface area (Å²) in [7, 11) is 6.42. The Hall–Kier alpha value is -1.34. The summed E-state index contributed by atoms with van der Waals surface area (Å²) in [6.45, 7) is 1.48. The molecular weight excluding hydrogens is 274 g/mol. The van der Waals surface area contributed by atoms with Gasteiger partial charge in [-0.1, -0.05) is 0 Å². The summed E-state index contributed by atoms with van der Waals surface area (Å²) in [5.74, 6) is 1.31. The fourth-order valence-corrected chi connectivity index (χ4v) is 1.99. The van der Waals surface area contributed by atoms with Gasteiger partial charge in [-0.2, -0.15) is 0 Å². The van der Waals surface area contributed by atoms with E-state index in [1.54, 1.807) is 46.6 Å². The molecule has 0 aliphatic rings. The van der Waals surface area contributed by atoms with Crippen molar-refractivity contribution in [2.24, 2.45) is 0 Å². The van der Waals surface area contributed by atoms with Gasteiger partial charge in [0, 0.05) is 32.9 Å². The zero-order valence-electron chi connectivity index (χ0n) is 13.1. The molecular formula is C15H25NO5. The Labute approximate surface area is 126 Å². The van der Waals surface area contributed by atoms with Crippen molar-refractivity contribution in [1.82, 2.24) is 5.32 Å². The van der Waals surface area contributed by atoms with Crippen LogP contribution < -0.4 is 14.8 Å². The van der Waals surface area contributed by atoms with E-state index >= 15 is 0 Å². The third-order valence-corrected chi connectivity index (χ3v) is 3.19. The van der Waals surface area contributed by atoms with Gasteiger partial charge in [0.25, 0.3) is 0 Å². The lowest BCUT2D eigenvalue weighted by Gasteiger charge is -2.19. The molecule has 0 spiro atoms. The molecule has 120 valence electrons. The number of rotatable bonds is 10. The molecule has 0 fully saturated rings. The zero-order valence-corrected chi connectivity index (χ0v) is 13.1. The van der Waals surface area contributed by atoms with Crippen LogP contribution in [0.2, 0.25) is 0 Å². The summed E-state index contributed by atoms with van der Waals surface area (Å²) in [6, 6.07) is 5.34. The molecule has 1 rings (SSSR count). The summed E-state index contributed by atoms with van der Waals surface area (Å²) in [6.07, 6.45) is -0.746. The first kappa shape index (κ1) is 17.7. The van der Waals surface area contributed by atoms with Gasteiger partial charge >= 0.3 is 0 Å². The molecule has 0 radical (unpaired) electrons. The lowest BCUT2D eigenvalue weighted by molar-refractivity contribution is 0.0270. The number of methoxy groups -OCH3 is 4. The van der Waals surface area contributed by atoms with Crippen molar-refractivity contribution in [3.8, 4) is 11.5 Å². The average molecular weight is 299 g/mol. The van der Waals surface area contributed by atoms with Gasteiger partial charge in [0.1, 0.15) is 11.5 Å². The second-order valence-corrected chi connectivity index (χ2v) is 4.59. The van der Waals surface area contributed by atoms with Gasteiger partial charge < -0.3 is 29.4 Å². The molecule has 21 heavy (non-hydrogen) atoms. The van der Waals surface area contributed by atoms with E-state index in [-0.39, 0.29) is 6.10 Å². The summed E-state index contributed by atoms with van der Waals surface area (Å²) >= 11 is 0. The van der Waals surface area contributed by atoms with Gasteiger partial charge in [-0.25, -0.2) is 0 Å². The van der Waals surface area contributed by atoms with Crippen LogP contribution in [0.15, 0.2) is 18.2 Å². The molecule has 0 aliphatic heterocycles. The number of nitrogens with one attached hydrogen (secondary N) is 1. The molecule has 2 unspecified atom stereocenters. The normalized spacial score (nSPS) is 13.8. The predicted octanol–water partition coefficient (Wildman–Crippen LogP) is 0.988. The molecule has 0 saturated heterocycles. The number of hydrogen-bond donors (Lipinski definition) is 2. The van der Waals surface area contributed by atoms with Crippen LogP contribution in [0.4, 0.5) is 0 Å². The lowest BCUT2D eigenvalue weighted by Crippen LogP contribution is -2.34. The second kappa shape index (κ2) is 9.57. The van der Waals surface area contributed by atoms with Gasteiger partial charge in [-0.3, -0.25) is 0 Å². The van der Waals surface area contributed by atoms with Gasteiger partial charge in [0.2, 0.25) is 0 Å². The van der Waals surface area contributed by atoms with Crippen LogP contribution in [0.25, 0.3) is 0 Å². The molecule has 0 saturated carbocycles. The molecule has 0 heterocycles. The maximum atomic E-state index is 10.3. The van der Waals surface area contributed by atoms with Crippen LogP contribution in [0.1, 0.15) is 11.7 Å². The Bertz CT molecular complexity index is 413. The topological polar surface area (TPSA) is 69.2 Å². The first-order chi connectivity index (χ1) is 10.2. The summed E-state index contributed by atoms with van der Waals surface area (Å²) in [5, 5.41) is 13.5. The Morgan fingerprint density at radius 1 is 1.10 bits per heavy atom. The number of aliphatic hydroxyl groups is 1. The molecule has 0 aliphatic carbocycles. The van der Waals surface area contributed by atoms with Crippen LogP contribution in [0.5, 0.6) is 11.5 Å². The van der Waals surface area contributed by atoms with Crippen molar-refractivity contribution < 1.29 is 24.1 Å². The number of aliphatic hydroxyl groups excluding tert-OH is 1. The third-order valence-electron chi connectivity index (χ3n) is 3.19. The van der Waals surface area contributed by atoms with Crippen molar-refractivity contribution in [2.45, 2.75) is 12.2 Å². The van der Waals surface area contributed by atoms with E-state index in [1.165, 1.54) is 0 Å². The standard InChI is InChI=1S/C15H25NO5/c1-18-10-12(20-3)8-16-9-14(17)13-7-11(19-2)5-6-15(13)21-4/h5-7,12,14,16-17H,8-10H2,1-4H3. The number of benzene rings is 1. The van der Waals surface area contributed by atoms with Crippen molar-refractivity contribution in [3.05, 3.63) is 23.8 Å². The minimum absolute atomic E-state index is 0.0468. The highest BCUT2D eigenvalue weighted by Gasteiger charge is 2.15. The fraction of sp³-hybridized carbons (Fsp3) is 0.600. The van der Waals surface area contributed by atoms with E-state index < -0.39 is 6.10 Å². The summed E-state index contributed by atoms with van der Waals surface area (Å²) < 4.78 is 20.7. The first-order valence-electron chi connectivity index (χ1n) is 6.78. The van der Waals surface area contributed by atoms with Crippen molar-refractivity contribution >= 4 is 0 Å². The predicted molar refractivity (Wildman–Crippen MR) is 80.0 cm³/mol. The van der Waals surface area contributed by atoms with E-state index in [9.17, 15) is 5.11 Å². The molecule has 0 bridgehead atoms. The third kappa shape index (κ3) is 5.51. The molecule has 2 atom stereocenters. The van der Waals surface area contributed by atoms with Gasteiger partial charge in [0.05, 0.1) is 33.0 Å². The Kier molecular flexibility index (Phi) is 8.07. The minimum Gasteiger partial charge on any atom is -0.497 e. The highest BCUT2D eigenvalue weighted by molar-refractivity contribution is 5.41. The smallest absolute Gasteiger partial charge is 0.124 e. The van der Waals surface area contributed by atoms with Crippen LogP contribution in [0.3, 0.4) is 0 Å². The Morgan fingerprint density at radius 3 is 2.43 bits per heavy atom. The SMILES string of the molecule is COCC(CNCC(O)c1cc(OC)ccc1OC)OC. The van der Waals surface area contributed by atoms with E-state index in [0.29, 0.717) is 36.8 Å². The van der Waals surface area contributed by atoms with Crippen molar-refractivity contribution in [3.63, 3.8) is 0 Å².